The van der Waals surface area contributed by atoms with Gasteiger partial charge in [-0.1, -0.05) is 0 Å². The van der Waals surface area contributed by atoms with Gasteiger partial charge in [-0.15, -0.1) is 0 Å². The number of halogens is 2. The van der Waals surface area contributed by atoms with E-state index in [1.165, 1.54) is 0 Å². The molecular weight excluding hydrogens is 232 g/mol. The number of benzene rings is 1. The van der Waals surface area contributed by atoms with Crippen molar-refractivity contribution in [2.45, 2.75) is 6.42 Å². The number of nitrogens with zero attached hydrogens (tertiary/aromatic N) is 1. The first-order valence-corrected chi connectivity index (χ1v) is 4.97. The molecule has 1 atom stereocenters. The molecule has 0 spiro atoms. The lowest BCUT2D eigenvalue weighted by Gasteiger charge is -2.16. The van der Waals surface area contributed by atoms with Crippen LogP contribution in [0.3, 0.4) is 0 Å². The molecule has 1 aliphatic rings. The quantitative estimate of drug-likeness (QED) is 0.851. The first-order chi connectivity index (χ1) is 7.99. The van der Waals surface area contributed by atoms with Gasteiger partial charge >= 0.3 is 5.97 Å². The Morgan fingerprint density at radius 3 is 2.65 bits per heavy atom. The number of rotatable bonds is 2. The summed E-state index contributed by atoms with van der Waals surface area (Å²) in [5, 5.41) is 8.78. The maximum Gasteiger partial charge on any atom is 0.308 e. The summed E-state index contributed by atoms with van der Waals surface area (Å²) in [5.74, 6) is -4.02. The van der Waals surface area contributed by atoms with E-state index in [2.05, 4.69) is 0 Å². The fourth-order valence-electron chi connectivity index (χ4n) is 1.81. The van der Waals surface area contributed by atoms with Crippen LogP contribution in [0.25, 0.3) is 0 Å². The number of carboxylic acid groups (broad SMARTS) is 1. The van der Waals surface area contributed by atoms with Crippen LogP contribution in [0.2, 0.25) is 0 Å². The summed E-state index contributed by atoms with van der Waals surface area (Å²) >= 11 is 0. The lowest BCUT2D eigenvalue weighted by atomic mass is 10.1. The second-order valence-electron chi connectivity index (χ2n) is 3.84. The Hall–Kier alpha value is -1.98. The van der Waals surface area contributed by atoms with Crippen molar-refractivity contribution in [1.29, 1.82) is 0 Å². The van der Waals surface area contributed by atoms with Crippen molar-refractivity contribution >= 4 is 17.6 Å². The van der Waals surface area contributed by atoms with Crippen LogP contribution < -0.4 is 4.90 Å². The van der Waals surface area contributed by atoms with E-state index in [4.69, 9.17) is 5.11 Å². The van der Waals surface area contributed by atoms with Crippen LogP contribution in [0, 0.1) is 17.6 Å². The van der Waals surface area contributed by atoms with Crippen LogP contribution in [-0.2, 0) is 9.59 Å². The number of anilines is 1. The van der Waals surface area contributed by atoms with Crippen molar-refractivity contribution in [3.05, 3.63) is 29.8 Å². The first-order valence-electron chi connectivity index (χ1n) is 4.97. The summed E-state index contributed by atoms with van der Waals surface area (Å²) in [6, 6.07) is 2.82. The number of hydrogen-bond donors (Lipinski definition) is 1. The highest BCUT2D eigenvalue weighted by Gasteiger charge is 2.36. The van der Waals surface area contributed by atoms with Crippen LogP contribution in [0.5, 0.6) is 0 Å². The van der Waals surface area contributed by atoms with Crippen LogP contribution in [0.4, 0.5) is 14.5 Å². The van der Waals surface area contributed by atoms with Gasteiger partial charge in [0, 0.05) is 19.0 Å². The van der Waals surface area contributed by atoms with Gasteiger partial charge in [0.05, 0.1) is 11.6 Å². The fourth-order valence-corrected chi connectivity index (χ4v) is 1.81. The number of carboxylic acids is 1. The molecule has 1 saturated heterocycles. The van der Waals surface area contributed by atoms with Crippen LogP contribution in [0.15, 0.2) is 18.2 Å². The largest absolute Gasteiger partial charge is 0.481 e. The number of hydrogen-bond acceptors (Lipinski definition) is 2. The molecule has 0 radical (unpaired) electrons. The van der Waals surface area contributed by atoms with Crippen molar-refractivity contribution in [2.75, 3.05) is 11.4 Å². The molecule has 90 valence electrons. The summed E-state index contributed by atoms with van der Waals surface area (Å²) < 4.78 is 26.1. The topological polar surface area (TPSA) is 57.6 Å². The SMILES string of the molecule is O=C(O)[C@@H]1CC(=O)N(c2ccc(F)cc2F)C1. The number of carbonyl (C=O) groups is 2. The molecule has 1 N–H and O–H groups in total. The lowest BCUT2D eigenvalue weighted by Crippen LogP contribution is -2.26. The zero-order valence-corrected chi connectivity index (χ0v) is 8.69. The Morgan fingerprint density at radius 2 is 2.12 bits per heavy atom. The van der Waals surface area contributed by atoms with Crippen LogP contribution in [0.1, 0.15) is 6.42 Å². The number of aliphatic carboxylic acids is 1. The second-order valence-corrected chi connectivity index (χ2v) is 3.84. The molecule has 1 aromatic rings. The first kappa shape index (κ1) is 11.5. The van der Waals surface area contributed by atoms with Crippen LogP contribution >= 0.6 is 0 Å². The minimum absolute atomic E-state index is 0.0832. The Balaban J connectivity index is 2.29. The van der Waals surface area contributed by atoms with Gasteiger partial charge < -0.3 is 10.0 Å². The molecule has 0 unspecified atom stereocenters. The van der Waals surface area contributed by atoms with Gasteiger partial charge in [0.25, 0.3) is 0 Å². The Labute approximate surface area is 95.5 Å². The molecule has 6 heteroatoms. The summed E-state index contributed by atoms with van der Waals surface area (Å²) in [4.78, 5) is 23.3. The predicted octanol–water partition coefficient (Wildman–Crippen LogP) is 1.40. The summed E-state index contributed by atoms with van der Waals surface area (Å²) in [5.41, 5.74) is -0.0832. The minimum atomic E-state index is -1.09. The zero-order valence-electron chi connectivity index (χ0n) is 8.69. The summed E-state index contributed by atoms with van der Waals surface area (Å²) in [6.45, 7) is -0.0866. The van der Waals surface area contributed by atoms with Crippen molar-refractivity contribution in [3.8, 4) is 0 Å². The van der Waals surface area contributed by atoms with E-state index in [9.17, 15) is 18.4 Å². The third kappa shape index (κ3) is 2.11. The van der Waals surface area contributed by atoms with E-state index < -0.39 is 29.4 Å². The average Bonchev–Trinajstić information content (AvgIpc) is 2.61. The molecule has 2 rings (SSSR count). The second kappa shape index (κ2) is 4.12. The van der Waals surface area contributed by atoms with Gasteiger partial charge in [0.1, 0.15) is 11.6 Å². The standard InChI is InChI=1S/C11H9F2NO3/c12-7-1-2-9(8(13)4-7)14-5-6(11(16)17)3-10(14)15/h1-2,4,6H,3,5H2,(H,16,17)/t6-/m1/s1. The lowest BCUT2D eigenvalue weighted by molar-refractivity contribution is -0.141. The predicted molar refractivity (Wildman–Crippen MR) is 54.5 cm³/mol. The molecule has 17 heavy (non-hydrogen) atoms. The molecule has 1 heterocycles. The van der Waals surface area contributed by atoms with Gasteiger partial charge in [-0.3, -0.25) is 9.59 Å². The highest BCUT2D eigenvalue weighted by Crippen LogP contribution is 2.27. The van der Waals surface area contributed by atoms with Crippen molar-refractivity contribution in [1.82, 2.24) is 0 Å². The molecule has 4 nitrogen and oxygen atoms in total. The molecule has 0 aliphatic carbocycles. The maximum absolute atomic E-state index is 13.4. The molecule has 1 fully saturated rings. The highest BCUT2D eigenvalue weighted by atomic mass is 19.1. The van der Waals surface area contributed by atoms with E-state index in [1.54, 1.807) is 0 Å². The van der Waals surface area contributed by atoms with Gasteiger partial charge in [0.15, 0.2) is 0 Å². The Bertz CT molecular complexity index is 490. The number of carbonyl (C=O) groups excluding carboxylic acids is 1. The molecule has 1 aromatic carbocycles. The zero-order chi connectivity index (χ0) is 12.6. The average molecular weight is 241 g/mol. The fraction of sp³-hybridized carbons (Fsp3) is 0.273. The normalized spacial score (nSPS) is 19.8. The van der Waals surface area contributed by atoms with Gasteiger partial charge in [-0.2, -0.15) is 0 Å². The van der Waals surface area contributed by atoms with Crippen molar-refractivity contribution in [3.63, 3.8) is 0 Å². The van der Waals surface area contributed by atoms with Crippen molar-refractivity contribution in [2.24, 2.45) is 5.92 Å². The third-order valence-electron chi connectivity index (χ3n) is 2.67. The molecule has 1 aliphatic heterocycles. The number of amides is 1. The Morgan fingerprint density at radius 1 is 1.41 bits per heavy atom. The van der Waals surface area contributed by atoms with Crippen molar-refractivity contribution < 1.29 is 23.5 Å². The van der Waals surface area contributed by atoms with Gasteiger partial charge in [-0.05, 0) is 12.1 Å². The van der Waals surface area contributed by atoms with E-state index in [-0.39, 0.29) is 18.7 Å². The highest BCUT2D eigenvalue weighted by molar-refractivity contribution is 5.99. The van der Waals surface area contributed by atoms with E-state index in [0.29, 0.717) is 6.07 Å². The molecular formula is C11H9F2NO3. The van der Waals surface area contributed by atoms with E-state index in [1.807, 2.05) is 0 Å². The van der Waals surface area contributed by atoms with Gasteiger partial charge in [0.2, 0.25) is 5.91 Å². The van der Waals surface area contributed by atoms with Gasteiger partial charge in [-0.25, -0.2) is 8.78 Å². The van der Waals surface area contributed by atoms with Crippen LogP contribution in [-0.4, -0.2) is 23.5 Å². The summed E-state index contributed by atoms with van der Waals surface area (Å²) in [7, 11) is 0. The monoisotopic (exact) mass is 241 g/mol. The van der Waals surface area contributed by atoms with E-state index in [0.717, 1.165) is 17.0 Å². The third-order valence-corrected chi connectivity index (χ3v) is 2.67. The molecule has 0 saturated carbocycles. The minimum Gasteiger partial charge on any atom is -0.481 e. The molecule has 1 amide bonds. The molecule has 0 bridgehead atoms. The molecule has 0 aromatic heterocycles. The maximum atomic E-state index is 13.4. The summed E-state index contributed by atoms with van der Waals surface area (Å²) in [6.07, 6.45) is -0.161. The Kier molecular flexibility index (Phi) is 2.79. The smallest absolute Gasteiger partial charge is 0.308 e. The van der Waals surface area contributed by atoms with E-state index >= 15 is 0 Å².